The van der Waals surface area contributed by atoms with E-state index in [1.807, 2.05) is 51.1 Å². The van der Waals surface area contributed by atoms with Gasteiger partial charge in [-0.2, -0.15) is 0 Å². The molecule has 1 atom stereocenters. The first kappa shape index (κ1) is 31.6. The Morgan fingerprint density at radius 2 is 1.64 bits per heavy atom. The summed E-state index contributed by atoms with van der Waals surface area (Å²) in [5.74, 6) is -0.414. The molecule has 5 rings (SSSR count). The first-order chi connectivity index (χ1) is 21.6. The number of nitrogens with zero attached hydrogens (tertiary/aromatic N) is 1. The molecule has 2 aromatic heterocycles. The Labute approximate surface area is 261 Å². The predicted molar refractivity (Wildman–Crippen MR) is 175 cm³/mol. The SMILES string of the molecule is Cc1nc(C(=O)NC(C)C)ccc1-c1ccc(CC(NC(=O)C2CCC(CN)CC2)C(=O)Nc2ccc3[nH]c(=O)[nH]c3c2)cc1. The Balaban J connectivity index is 1.32. The van der Waals surface area contributed by atoms with Crippen LogP contribution in [-0.2, 0) is 16.0 Å². The molecule has 1 unspecified atom stereocenters. The molecule has 11 heteroatoms. The van der Waals surface area contributed by atoms with E-state index in [-0.39, 0.29) is 41.8 Å². The zero-order valence-corrected chi connectivity index (χ0v) is 25.9. The Kier molecular flexibility index (Phi) is 9.77. The maximum Gasteiger partial charge on any atom is 0.323 e. The molecule has 1 fully saturated rings. The largest absolute Gasteiger partial charge is 0.349 e. The van der Waals surface area contributed by atoms with Crippen LogP contribution in [0.3, 0.4) is 0 Å². The fraction of sp³-hybridized carbons (Fsp3) is 0.382. The molecule has 2 heterocycles. The van der Waals surface area contributed by atoms with Gasteiger partial charge in [-0.3, -0.25) is 14.4 Å². The smallest absolute Gasteiger partial charge is 0.323 e. The Morgan fingerprint density at radius 1 is 0.933 bits per heavy atom. The zero-order valence-electron chi connectivity index (χ0n) is 25.9. The normalized spacial score (nSPS) is 17.2. The highest BCUT2D eigenvalue weighted by atomic mass is 16.2. The van der Waals surface area contributed by atoms with Crippen molar-refractivity contribution in [2.45, 2.75) is 65.0 Å². The van der Waals surface area contributed by atoms with Crippen molar-refractivity contribution in [3.05, 3.63) is 82.0 Å². The summed E-state index contributed by atoms with van der Waals surface area (Å²) in [5, 5.41) is 8.79. The van der Waals surface area contributed by atoms with Gasteiger partial charge >= 0.3 is 5.69 Å². The molecule has 4 aromatic rings. The molecule has 45 heavy (non-hydrogen) atoms. The highest BCUT2D eigenvalue weighted by Gasteiger charge is 2.29. The number of hydrogen-bond acceptors (Lipinski definition) is 6. The average molecular weight is 612 g/mol. The van der Waals surface area contributed by atoms with E-state index in [0.717, 1.165) is 48.1 Å². The molecular formula is C34H41N7O4. The van der Waals surface area contributed by atoms with Crippen LogP contribution in [0.4, 0.5) is 5.69 Å². The lowest BCUT2D eigenvalue weighted by atomic mass is 9.81. The monoisotopic (exact) mass is 611 g/mol. The van der Waals surface area contributed by atoms with Crippen molar-refractivity contribution in [3.63, 3.8) is 0 Å². The van der Waals surface area contributed by atoms with Crippen LogP contribution in [0, 0.1) is 18.8 Å². The number of rotatable bonds is 10. The summed E-state index contributed by atoms with van der Waals surface area (Å²) in [5.41, 5.74) is 11.0. The summed E-state index contributed by atoms with van der Waals surface area (Å²) in [7, 11) is 0. The number of nitrogens with two attached hydrogens (primary N) is 1. The topological polar surface area (TPSA) is 175 Å². The second-order valence-electron chi connectivity index (χ2n) is 12.2. The number of fused-ring (bicyclic) bond motifs is 1. The molecule has 0 aliphatic heterocycles. The summed E-state index contributed by atoms with van der Waals surface area (Å²) in [6, 6.07) is 15.7. The van der Waals surface area contributed by atoms with Crippen molar-refractivity contribution >= 4 is 34.4 Å². The predicted octanol–water partition coefficient (Wildman–Crippen LogP) is 3.80. The number of hydrogen-bond donors (Lipinski definition) is 6. The fourth-order valence-electron chi connectivity index (χ4n) is 5.88. The maximum absolute atomic E-state index is 13.6. The van der Waals surface area contributed by atoms with Gasteiger partial charge in [-0.1, -0.05) is 30.3 Å². The number of aromatic amines is 2. The Bertz CT molecular complexity index is 1730. The number of amides is 3. The van der Waals surface area contributed by atoms with Crippen LogP contribution < -0.4 is 27.4 Å². The number of pyridine rings is 1. The van der Waals surface area contributed by atoms with Gasteiger partial charge < -0.3 is 31.7 Å². The molecule has 1 aliphatic carbocycles. The van der Waals surface area contributed by atoms with Crippen LogP contribution in [-0.4, -0.2) is 51.3 Å². The number of H-pyrrole nitrogens is 2. The number of aromatic nitrogens is 3. The minimum Gasteiger partial charge on any atom is -0.349 e. The number of anilines is 1. The lowest BCUT2D eigenvalue weighted by Crippen LogP contribution is -2.48. The summed E-state index contributed by atoms with van der Waals surface area (Å²) in [6.45, 7) is 6.30. The van der Waals surface area contributed by atoms with Crippen molar-refractivity contribution in [2.24, 2.45) is 17.6 Å². The third-order valence-electron chi connectivity index (χ3n) is 8.41. The highest BCUT2D eigenvalue weighted by Crippen LogP contribution is 2.29. The summed E-state index contributed by atoms with van der Waals surface area (Å²) in [4.78, 5) is 60.9. The molecular weight excluding hydrogens is 570 g/mol. The van der Waals surface area contributed by atoms with Gasteiger partial charge in [0.2, 0.25) is 11.8 Å². The first-order valence-corrected chi connectivity index (χ1v) is 15.5. The molecule has 0 spiro atoms. The molecule has 7 N–H and O–H groups in total. The quantitative estimate of drug-likeness (QED) is 0.159. The van der Waals surface area contributed by atoms with Crippen LogP contribution in [0.1, 0.15) is 61.3 Å². The van der Waals surface area contributed by atoms with E-state index in [1.54, 1.807) is 24.3 Å². The molecule has 1 aliphatic rings. The van der Waals surface area contributed by atoms with Gasteiger partial charge in [0.15, 0.2) is 0 Å². The average Bonchev–Trinajstić information content (AvgIpc) is 3.40. The molecule has 0 saturated heterocycles. The van der Waals surface area contributed by atoms with Crippen LogP contribution >= 0.6 is 0 Å². The van der Waals surface area contributed by atoms with Crippen molar-refractivity contribution in [1.82, 2.24) is 25.6 Å². The van der Waals surface area contributed by atoms with Crippen LogP contribution in [0.15, 0.2) is 59.4 Å². The second-order valence-corrected chi connectivity index (χ2v) is 12.2. The highest BCUT2D eigenvalue weighted by molar-refractivity contribution is 5.99. The first-order valence-electron chi connectivity index (χ1n) is 15.5. The van der Waals surface area contributed by atoms with E-state index in [2.05, 4.69) is 30.9 Å². The summed E-state index contributed by atoms with van der Waals surface area (Å²) >= 11 is 0. The zero-order chi connectivity index (χ0) is 32.1. The Morgan fingerprint density at radius 3 is 2.31 bits per heavy atom. The maximum atomic E-state index is 13.6. The van der Waals surface area contributed by atoms with Gasteiger partial charge in [0.1, 0.15) is 11.7 Å². The fourth-order valence-corrected chi connectivity index (χ4v) is 5.88. The molecule has 1 saturated carbocycles. The Hall–Kier alpha value is -4.77. The number of benzene rings is 2. The third-order valence-corrected chi connectivity index (χ3v) is 8.41. The molecule has 0 bridgehead atoms. The van der Waals surface area contributed by atoms with Crippen LogP contribution in [0.5, 0.6) is 0 Å². The lowest BCUT2D eigenvalue weighted by molar-refractivity contribution is -0.130. The number of aryl methyl sites for hydroxylation is 1. The van der Waals surface area contributed by atoms with Crippen molar-refractivity contribution in [2.75, 3.05) is 11.9 Å². The van der Waals surface area contributed by atoms with Crippen LogP contribution in [0.25, 0.3) is 22.2 Å². The van der Waals surface area contributed by atoms with E-state index in [1.165, 1.54) is 0 Å². The molecule has 236 valence electrons. The molecule has 0 radical (unpaired) electrons. The molecule has 3 amide bonds. The van der Waals surface area contributed by atoms with Crippen molar-refractivity contribution in [1.29, 1.82) is 0 Å². The number of imidazole rings is 1. The van der Waals surface area contributed by atoms with Crippen molar-refractivity contribution in [3.8, 4) is 11.1 Å². The van der Waals surface area contributed by atoms with Gasteiger partial charge in [-0.25, -0.2) is 9.78 Å². The molecule has 11 nitrogen and oxygen atoms in total. The minimum atomic E-state index is -0.821. The van der Waals surface area contributed by atoms with E-state index < -0.39 is 6.04 Å². The number of carbonyl (C=O) groups is 3. The van der Waals surface area contributed by atoms with Gasteiger partial charge in [-0.15, -0.1) is 0 Å². The molecule has 2 aromatic carbocycles. The lowest BCUT2D eigenvalue weighted by Gasteiger charge is -2.28. The summed E-state index contributed by atoms with van der Waals surface area (Å²) < 4.78 is 0. The third kappa shape index (κ3) is 7.85. The van der Waals surface area contributed by atoms with Gasteiger partial charge in [0, 0.05) is 35.3 Å². The van der Waals surface area contributed by atoms with Gasteiger partial charge in [0.05, 0.1) is 11.0 Å². The van der Waals surface area contributed by atoms with E-state index in [4.69, 9.17) is 5.73 Å². The van der Waals surface area contributed by atoms with E-state index in [9.17, 15) is 19.2 Å². The number of nitrogens with one attached hydrogen (secondary N) is 5. The van der Waals surface area contributed by atoms with Crippen LogP contribution in [0.2, 0.25) is 0 Å². The standard InChI is InChI=1S/C34H41N7O4/c1-19(2)36-32(43)28-15-13-26(20(3)37-28)23-8-4-21(5-9-23)16-30(39-31(42)24-10-6-22(18-35)7-11-24)33(44)38-25-12-14-27-29(17-25)41-34(45)40-27/h4-5,8-9,12-15,17,19,22,24,30H,6-7,10-11,16,18,35H2,1-3H3,(H,36,43)(H,38,44)(H,39,42)(H2,40,41,45). The van der Waals surface area contributed by atoms with Crippen molar-refractivity contribution < 1.29 is 14.4 Å². The van der Waals surface area contributed by atoms with Gasteiger partial charge in [0.25, 0.3) is 5.91 Å². The minimum absolute atomic E-state index is 0.0158. The van der Waals surface area contributed by atoms with E-state index in [0.29, 0.717) is 34.9 Å². The van der Waals surface area contributed by atoms with Gasteiger partial charge in [-0.05, 0) is 94.3 Å². The number of carbonyl (C=O) groups excluding carboxylic acids is 3. The van der Waals surface area contributed by atoms with E-state index >= 15 is 0 Å². The second kappa shape index (κ2) is 13.9. The summed E-state index contributed by atoms with van der Waals surface area (Å²) in [6.07, 6.45) is 3.59.